The highest BCUT2D eigenvalue weighted by Crippen LogP contribution is 2.72. The Labute approximate surface area is 301 Å². The lowest BCUT2D eigenvalue weighted by Gasteiger charge is -2.44. The van der Waals surface area contributed by atoms with Gasteiger partial charge in [-0.25, -0.2) is 4.98 Å². The first kappa shape index (κ1) is 33.0. The molecular weight excluding hydrogens is 662 g/mol. The van der Waals surface area contributed by atoms with Gasteiger partial charge in [0.1, 0.15) is 6.10 Å². The van der Waals surface area contributed by atoms with Gasteiger partial charge in [-0.15, -0.1) is 0 Å². The summed E-state index contributed by atoms with van der Waals surface area (Å²) in [5.74, 6) is 1.72. The van der Waals surface area contributed by atoms with Crippen LogP contribution in [0.5, 0.6) is 0 Å². The summed E-state index contributed by atoms with van der Waals surface area (Å²) in [7, 11) is -2.76. The average Bonchev–Trinajstić information content (AvgIpc) is 3.29. The third-order valence-corrected chi connectivity index (χ3v) is 18.1. The van der Waals surface area contributed by atoms with E-state index in [9.17, 15) is 0 Å². The van der Waals surface area contributed by atoms with Gasteiger partial charge in [-0.3, -0.25) is 0 Å². The van der Waals surface area contributed by atoms with Gasteiger partial charge in [0.25, 0.3) is 8.32 Å². The lowest BCUT2D eigenvalue weighted by atomic mass is 9.68. The molecule has 1 saturated heterocycles. The van der Waals surface area contributed by atoms with Crippen molar-refractivity contribution in [2.45, 2.75) is 115 Å². The van der Waals surface area contributed by atoms with E-state index < -0.39 is 14.1 Å². The Morgan fingerprint density at radius 2 is 1.56 bits per heavy atom. The predicted molar refractivity (Wildman–Crippen MR) is 199 cm³/mol. The quantitative estimate of drug-likeness (QED) is 0.135. The maximum absolute atomic E-state index is 7.61. The van der Waals surface area contributed by atoms with Crippen LogP contribution in [0.3, 0.4) is 0 Å². The Kier molecular flexibility index (Phi) is 7.83. The van der Waals surface area contributed by atoms with Crippen LogP contribution in [0.25, 0.3) is 11.2 Å². The van der Waals surface area contributed by atoms with Crippen LogP contribution in [-0.4, -0.2) is 58.5 Å². The topological polar surface area (TPSA) is 83.3 Å². The van der Waals surface area contributed by atoms with Crippen molar-refractivity contribution in [3.8, 4) is 0 Å². The van der Waals surface area contributed by atoms with Crippen LogP contribution in [0.15, 0.2) is 67.0 Å². The maximum atomic E-state index is 7.61. The largest absolute Gasteiger partial charge is 0.407 e. The second kappa shape index (κ2) is 11.9. The number of fused-ring (bicyclic) bond motifs is 4. The van der Waals surface area contributed by atoms with Gasteiger partial charge >= 0.3 is 0 Å². The molecule has 0 amide bonds. The molecule has 0 spiro atoms. The molecule has 3 heterocycles. The smallest absolute Gasteiger partial charge is 0.261 e. The molecule has 4 aliphatic carbocycles. The second-order valence-electron chi connectivity index (χ2n) is 17.2. The van der Waals surface area contributed by atoms with Crippen molar-refractivity contribution in [1.82, 2.24) is 19.5 Å². The number of nitrogens with one attached hydrogen (secondary N) is 1. The van der Waals surface area contributed by atoms with Crippen LogP contribution in [0.2, 0.25) is 10.3 Å². The summed E-state index contributed by atoms with van der Waals surface area (Å²) >= 11 is 6.71. The molecule has 0 unspecified atom stereocenters. The van der Waals surface area contributed by atoms with E-state index in [1.54, 1.807) is 0 Å². The molecule has 0 radical (unpaired) electrons. The van der Waals surface area contributed by atoms with Crippen LogP contribution in [0, 0.1) is 23.2 Å². The summed E-state index contributed by atoms with van der Waals surface area (Å²) < 4.78 is 23.4. The molecule has 5 fully saturated rings. The third-order valence-electron chi connectivity index (χ3n) is 12.9. The van der Waals surface area contributed by atoms with Crippen molar-refractivity contribution >= 4 is 47.3 Å². The van der Waals surface area contributed by atoms with Crippen LogP contribution >= 0.6 is 11.6 Å². The zero-order chi connectivity index (χ0) is 34.5. The SMILES string of the molecule is CC1(C)O[C@H]2[C@H](n3cnc4c(NC(C5CCC5)C5CCC5)nc(Cl)nc43)[C@H]3C[C@@]3(CO[Si](c3ccccc3)(c3ccccc3)C(C)(C)C)[C@H]2O1. The fourth-order valence-corrected chi connectivity index (χ4v) is 14.8. The molecule has 5 atom stereocenters. The van der Waals surface area contributed by atoms with Crippen molar-refractivity contribution in [2.75, 3.05) is 11.9 Å². The standard InChI is InChI=1S/C40H50ClN5O3Si/c1-38(2,3)50(27-18-8-6-9-19-27,28-20-10-7-11-21-28)47-23-40-22-29(40)32(33-34(40)49-39(4,5)48-33)46-24-42-31-35(44-37(41)45-36(31)46)43-30(25-14-12-15-25)26-16-13-17-26/h6-11,18-21,24-26,29-30,32-34H,12-17,22-23H2,1-5H3,(H,43,44,45)/t29-,32-,33+,34+,40+/m1/s1. The van der Waals surface area contributed by atoms with Crippen LogP contribution in [0.4, 0.5) is 5.82 Å². The summed E-state index contributed by atoms with van der Waals surface area (Å²) in [6.07, 6.45) is 10.4. The molecule has 0 bridgehead atoms. The van der Waals surface area contributed by atoms with E-state index in [-0.39, 0.29) is 39.9 Å². The van der Waals surface area contributed by atoms with Gasteiger partial charge in [0.15, 0.2) is 22.8 Å². The van der Waals surface area contributed by atoms with Crippen molar-refractivity contribution in [1.29, 1.82) is 0 Å². The molecule has 4 saturated carbocycles. The molecular formula is C40H50ClN5O3Si. The number of benzene rings is 2. The zero-order valence-corrected chi connectivity index (χ0v) is 31.7. The lowest BCUT2D eigenvalue weighted by Crippen LogP contribution is -2.67. The molecule has 5 aliphatic rings. The zero-order valence-electron chi connectivity index (χ0n) is 29.9. The molecule has 1 N–H and O–H groups in total. The number of anilines is 1. The summed E-state index contributed by atoms with van der Waals surface area (Å²) in [4.78, 5) is 14.5. The normalized spacial score (nSPS) is 29.1. The molecule has 9 rings (SSSR count). The first-order valence-electron chi connectivity index (χ1n) is 18.8. The van der Waals surface area contributed by atoms with E-state index in [2.05, 4.69) is 91.3 Å². The average molecular weight is 712 g/mol. The van der Waals surface area contributed by atoms with Gasteiger partial charge < -0.3 is 23.8 Å². The molecule has 10 heteroatoms. The summed E-state index contributed by atoms with van der Waals surface area (Å²) in [5, 5.41) is 6.57. The van der Waals surface area contributed by atoms with Crippen LogP contribution in [0.1, 0.15) is 85.6 Å². The van der Waals surface area contributed by atoms with Gasteiger partial charge in [-0.2, -0.15) is 9.97 Å². The van der Waals surface area contributed by atoms with Gasteiger partial charge in [0.2, 0.25) is 5.28 Å². The van der Waals surface area contributed by atoms with Gasteiger partial charge in [0, 0.05) is 18.1 Å². The van der Waals surface area contributed by atoms with E-state index in [4.69, 9.17) is 40.5 Å². The number of imidazole rings is 1. The first-order chi connectivity index (χ1) is 24.0. The van der Waals surface area contributed by atoms with E-state index >= 15 is 0 Å². The molecule has 4 aromatic rings. The predicted octanol–water partition coefficient (Wildman–Crippen LogP) is 7.52. The Balaban J connectivity index is 1.08. The highest BCUT2D eigenvalue weighted by atomic mass is 35.5. The minimum absolute atomic E-state index is 0.0117. The first-order valence-corrected chi connectivity index (χ1v) is 21.1. The fraction of sp³-hybridized carbons (Fsp3) is 0.575. The molecule has 264 valence electrons. The second-order valence-corrected chi connectivity index (χ2v) is 21.9. The van der Waals surface area contributed by atoms with E-state index in [1.165, 1.54) is 48.9 Å². The van der Waals surface area contributed by atoms with E-state index in [0.29, 0.717) is 24.5 Å². The summed E-state index contributed by atoms with van der Waals surface area (Å²) in [6.45, 7) is 11.7. The van der Waals surface area contributed by atoms with Crippen molar-refractivity contribution < 1.29 is 13.9 Å². The van der Waals surface area contributed by atoms with E-state index in [1.807, 2.05) is 20.2 Å². The maximum Gasteiger partial charge on any atom is 0.261 e. The van der Waals surface area contributed by atoms with Gasteiger partial charge in [-0.1, -0.05) is 94.3 Å². The highest BCUT2D eigenvalue weighted by molar-refractivity contribution is 6.99. The summed E-state index contributed by atoms with van der Waals surface area (Å²) in [5.41, 5.74) is 1.36. The third kappa shape index (κ3) is 5.12. The Bertz CT molecular complexity index is 1820. The summed E-state index contributed by atoms with van der Waals surface area (Å²) in [6, 6.07) is 22.2. The van der Waals surface area contributed by atoms with Gasteiger partial charge in [-0.05, 0) is 90.7 Å². The van der Waals surface area contributed by atoms with Crippen molar-refractivity contribution in [3.05, 3.63) is 72.3 Å². The fourth-order valence-electron chi connectivity index (χ4n) is 10.0. The molecule has 1 aliphatic heterocycles. The lowest BCUT2D eigenvalue weighted by molar-refractivity contribution is -0.162. The van der Waals surface area contributed by atoms with Crippen LogP contribution < -0.4 is 15.7 Å². The molecule has 2 aromatic carbocycles. The number of hydrogen-bond donors (Lipinski definition) is 1. The number of aromatic nitrogens is 4. The van der Waals surface area contributed by atoms with E-state index in [0.717, 1.165) is 23.4 Å². The minimum atomic E-state index is -2.76. The molecule has 50 heavy (non-hydrogen) atoms. The number of nitrogens with zero attached hydrogens (tertiary/aromatic N) is 4. The molecule has 8 nitrogen and oxygen atoms in total. The minimum Gasteiger partial charge on any atom is -0.407 e. The van der Waals surface area contributed by atoms with Gasteiger partial charge in [0.05, 0.1) is 18.5 Å². The Morgan fingerprint density at radius 3 is 2.12 bits per heavy atom. The Hall–Kier alpha value is -2.82. The number of hydrogen-bond acceptors (Lipinski definition) is 7. The highest BCUT2D eigenvalue weighted by Gasteiger charge is 2.76. The number of rotatable bonds is 10. The number of halogens is 1. The van der Waals surface area contributed by atoms with Crippen LogP contribution in [-0.2, 0) is 13.9 Å². The van der Waals surface area contributed by atoms with Crippen molar-refractivity contribution in [2.24, 2.45) is 23.2 Å². The number of ether oxygens (including phenoxy) is 2. The monoisotopic (exact) mass is 711 g/mol. The Morgan fingerprint density at radius 1 is 0.940 bits per heavy atom. The molecule has 2 aromatic heterocycles. The van der Waals surface area contributed by atoms with Crippen molar-refractivity contribution in [3.63, 3.8) is 0 Å².